The van der Waals surface area contributed by atoms with Crippen LogP contribution in [0.15, 0.2) is 51.2 Å². The van der Waals surface area contributed by atoms with Gasteiger partial charge in [-0.1, -0.05) is 18.6 Å². The number of aromatic hydroxyl groups is 2. The third-order valence-electron chi connectivity index (χ3n) is 8.52. The first-order valence-corrected chi connectivity index (χ1v) is 15.2. The molecule has 256 valence electrons. The molecule has 14 nitrogen and oxygen atoms in total. The zero-order chi connectivity index (χ0) is 34.3. The van der Waals surface area contributed by atoms with E-state index >= 15 is 0 Å². The third-order valence-corrected chi connectivity index (χ3v) is 8.52. The van der Waals surface area contributed by atoms with E-state index in [4.69, 9.17) is 23.4 Å². The number of fused-ring (bicyclic) bond motifs is 1. The monoisotopic (exact) mass is 660 g/mol. The van der Waals surface area contributed by atoms with Gasteiger partial charge >= 0.3 is 0 Å². The van der Waals surface area contributed by atoms with Gasteiger partial charge in [0.05, 0.1) is 18.8 Å². The van der Waals surface area contributed by atoms with E-state index in [0.717, 1.165) is 11.6 Å². The molecule has 1 aromatic heterocycles. The smallest absolute Gasteiger partial charge is 0.239 e. The predicted molar refractivity (Wildman–Crippen MR) is 165 cm³/mol. The highest BCUT2D eigenvalue weighted by molar-refractivity contribution is 5.91. The molecule has 3 aromatic rings. The summed E-state index contributed by atoms with van der Waals surface area (Å²) in [6.45, 7) is 6.17. The fourth-order valence-electron chi connectivity index (χ4n) is 5.63. The van der Waals surface area contributed by atoms with Gasteiger partial charge in [-0.25, -0.2) is 0 Å². The van der Waals surface area contributed by atoms with Crippen LogP contribution in [0.1, 0.15) is 33.3 Å². The molecule has 10 atom stereocenters. The average Bonchev–Trinajstić information content (AvgIpc) is 3.03. The molecule has 2 aliphatic rings. The van der Waals surface area contributed by atoms with E-state index in [1.165, 1.54) is 24.3 Å². The van der Waals surface area contributed by atoms with Crippen LogP contribution in [0.25, 0.3) is 22.3 Å². The van der Waals surface area contributed by atoms with Crippen molar-refractivity contribution in [3.63, 3.8) is 0 Å². The van der Waals surface area contributed by atoms with E-state index in [1.54, 1.807) is 19.9 Å². The Kier molecular flexibility index (Phi) is 10.1. The van der Waals surface area contributed by atoms with Crippen molar-refractivity contribution in [2.45, 2.75) is 89.4 Å². The first-order valence-electron chi connectivity index (χ1n) is 15.2. The Bertz CT molecular complexity index is 1660. The number of phenolic OH excluding ortho intramolecular Hbond substituents is 2. The molecule has 0 saturated carbocycles. The van der Waals surface area contributed by atoms with E-state index in [9.17, 15) is 45.6 Å². The number of hydrogen-bond donors (Lipinski definition) is 8. The lowest BCUT2D eigenvalue weighted by atomic mass is 9.91. The number of rotatable bonds is 8. The molecule has 47 heavy (non-hydrogen) atoms. The van der Waals surface area contributed by atoms with Gasteiger partial charge in [0.25, 0.3) is 0 Å². The lowest BCUT2D eigenvalue weighted by Gasteiger charge is -2.40. The minimum absolute atomic E-state index is 0.0702. The summed E-state index contributed by atoms with van der Waals surface area (Å²) >= 11 is 0. The molecule has 8 N–H and O–H groups in total. The molecule has 3 heterocycles. The quantitative estimate of drug-likeness (QED) is 0.158. The zero-order valence-electron chi connectivity index (χ0n) is 26.2. The predicted octanol–water partition coefficient (Wildman–Crippen LogP) is 1.04. The van der Waals surface area contributed by atoms with Crippen molar-refractivity contribution in [3.05, 3.63) is 57.8 Å². The molecular formula is C33H40O14. The fraction of sp³-hybridized carbons (Fsp3) is 0.485. The van der Waals surface area contributed by atoms with Gasteiger partial charge in [-0.2, -0.15) is 0 Å². The molecule has 2 saturated heterocycles. The Morgan fingerprint density at radius 3 is 2.17 bits per heavy atom. The first kappa shape index (κ1) is 34.6. The van der Waals surface area contributed by atoms with Crippen LogP contribution in [0.5, 0.6) is 23.0 Å². The van der Waals surface area contributed by atoms with Crippen molar-refractivity contribution in [3.8, 4) is 34.3 Å². The maximum Gasteiger partial charge on any atom is 0.239 e. The van der Waals surface area contributed by atoms with Crippen LogP contribution < -0.4 is 14.9 Å². The van der Waals surface area contributed by atoms with E-state index in [-0.39, 0.29) is 45.8 Å². The van der Waals surface area contributed by atoms with Gasteiger partial charge in [-0.05, 0) is 51.5 Å². The number of ether oxygens (including phenoxy) is 4. The maximum atomic E-state index is 14.2. The van der Waals surface area contributed by atoms with Gasteiger partial charge < -0.3 is 64.2 Å². The summed E-state index contributed by atoms with van der Waals surface area (Å²) in [4.78, 5) is 14.2. The highest BCUT2D eigenvalue weighted by atomic mass is 16.7. The number of hydrogen-bond acceptors (Lipinski definition) is 14. The van der Waals surface area contributed by atoms with Crippen LogP contribution in [0.3, 0.4) is 0 Å². The lowest BCUT2D eigenvalue weighted by Crippen LogP contribution is -2.60. The Hall–Kier alpha value is -3.73. The standard InChI is InChI=1S/C33H40O14/c1-13(2)5-10-18-20(44-33-28(42)27(41)25(39)21(12-34)45-33)11-19(36)22-26(40)31(47-32-24(38)14(3)23(37)15(4)43-32)29(46-30(18)22)16-6-8-17(35)9-7-16/h5-9,11,14-15,21,23-25,27-28,32-39,41-42H,10,12H2,1-4H3/t14-,15+,21-,23-,24-,25-,27+,28-,32+,33-/m1/s1. The van der Waals surface area contributed by atoms with Crippen molar-refractivity contribution in [1.29, 1.82) is 0 Å². The average molecular weight is 661 g/mol. The minimum atomic E-state index is -1.76. The Morgan fingerprint density at radius 2 is 1.53 bits per heavy atom. The highest BCUT2D eigenvalue weighted by Crippen LogP contribution is 2.42. The maximum absolute atomic E-state index is 14.2. The second kappa shape index (κ2) is 13.8. The number of aliphatic hydroxyl groups is 6. The third kappa shape index (κ3) is 6.68. The number of benzene rings is 2. The SMILES string of the molecule is CC(C)=CCc1c(O[C@@H]2O[C@H](CO)[C@@H](O)[C@H](O)[C@H]2O)cc(O)c2c(=O)c(O[C@@H]3O[C@@H](C)[C@H](O)[C@@H](C)[C@H]3O)c(-c3ccc(O)cc3)oc12. The van der Waals surface area contributed by atoms with E-state index in [0.29, 0.717) is 0 Å². The molecule has 5 rings (SSSR count). The van der Waals surface area contributed by atoms with Crippen LogP contribution >= 0.6 is 0 Å². The highest BCUT2D eigenvalue weighted by Gasteiger charge is 2.45. The van der Waals surface area contributed by atoms with Crippen molar-refractivity contribution in [1.82, 2.24) is 0 Å². The summed E-state index contributed by atoms with van der Waals surface area (Å²) in [5, 5.41) is 82.8. The zero-order valence-corrected chi connectivity index (χ0v) is 26.2. The Morgan fingerprint density at radius 1 is 0.872 bits per heavy atom. The number of aliphatic hydroxyl groups excluding tert-OH is 6. The minimum Gasteiger partial charge on any atom is -0.508 e. The largest absolute Gasteiger partial charge is 0.508 e. The van der Waals surface area contributed by atoms with Crippen LogP contribution in [0.4, 0.5) is 0 Å². The second-order valence-electron chi connectivity index (χ2n) is 12.2. The summed E-state index contributed by atoms with van der Waals surface area (Å²) in [5.41, 5.74) is 0.395. The van der Waals surface area contributed by atoms with Crippen LogP contribution in [0, 0.1) is 5.92 Å². The van der Waals surface area contributed by atoms with Gasteiger partial charge in [-0.3, -0.25) is 4.79 Å². The topological polar surface area (TPSA) is 229 Å². The molecule has 0 bridgehead atoms. The molecule has 14 heteroatoms. The molecule has 0 unspecified atom stereocenters. The van der Waals surface area contributed by atoms with Gasteiger partial charge in [-0.15, -0.1) is 0 Å². The Balaban J connectivity index is 1.71. The Labute approximate surface area is 269 Å². The number of allylic oxidation sites excluding steroid dienone is 2. The molecule has 0 aliphatic carbocycles. The van der Waals surface area contributed by atoms with Gasteiger partial charge in [0.1, 0.15) is 58.7 Å². The summed E-state index contributed by atoms with van der Waals surface area (Å²) in [6.07, 6.45) is -10.6. The molecular weight excluding hydrogens is 620 g/mol. The summed E-state index contributed by atoms with van der Waals surface area (Å²) in [5.74, 6) is -2.04. The van der Waals surface area contributed by atoms with Crippen LogP contribution in [0.2, 0.25) is 0 Å². The summed E-state index contributed by atoms with van der Waals surface area (Å²) in [7, 11) is 0. The van der Waals surface area contributed by atoms with Crippen molar-refractivity contribution in [2.75, 3.05) is 6.61 Å². The van der Waals surface area contributed by atoms with E-state index in [2.05, 4.69) is 0 Å². The molecule has 0 spiro atoms. The summed E-state index contributed by atoms with van der Waals surface area (Å²) < 4.78 is 29.5. The fourth-order valence-corrected chi connectivity index (χ4v) is 5.63. The lowest BCUT2D eigenvalue weighted by molar-refractivity contribution is -0.277. The van der Waals surface area contributed by atoms with E-state index in [1.807, 2.05) is 13.8 Å². The molecule has 0 amide bonds. The van der Waals surface area contributed by atoms with Gasteiger partial charge in [0, 0.05) is 23.1 Å². The van der Waals surface area contributed by atoms with Gasteiger partial charge in [0.15, 0.2) is 5.76 Å². The van der Waals surface area contributed by atoms with Gasteiger partial charge in [0.2, 0.25) is 23.8 Å². The normalized spacial score (nSPS) is 31.0. The van der Waals surface area contributed by atoms with Crippen LogP contribution in [-0.2, 0) is 15.9 Å². The molecule has 2 aromatic carbocycles. The van der Waals surface area contributed by atoms with E-state index < -0.39 is 84.8 Å². The van der Waals surface area contributed by atoms with Crippen molar-refractivity contribution >= 4 is 11.0 Å². The molecule has 2 fully saturated rings. The second-order valence-corrected chi connectivity index (χ2v) is 12.2. The summed E-state index contributed by atoms with van der Waals surface area (Å²) in [6, 6.07) is 6.74. The van der Waals surface area contributed by atoms with Crippen LogP contribution in [-0.4, -0.2) is 103 Å². The number of phenols is 2. The first-order chi connectivity index (χ1) is 22.2. The van der Waals surface area contributed by atoms with Crippen molar-refractivity contribution in [2.24, 2.45) is 5.92 Å². The molecule has 0 radical (unpaired) electrons. The van der Waals surface area contributed by atoms with Crippen molar-refractivity contribution < 1.29 is 64.2 Å². The molecule has 2 aliphatic heterocycles.